The van der Waals surface area contributed by atoms with Crippen LogP contribution in [0.5, 0.6) is 0 Å². The number of nitrogens with one attached hydrogen (secondary N) is 1. The molecule has 1 heterocycles. The largest absolute Gasteiger partial charge is 0.465 e. The van der Waals surface area contributed by atoms with E-state index in [9.17, 15) is 4.79 Å². The van der Waals surface area contributed by atoms with E-state index in [0.29, 0.717) is 13.0 Å². The fraction of sp³-hybridized carbons (Fsp3) is 0.357. The van der Waals surface area contributed by atoms with Crippen LogP contribution in [0.2, 0.25) is 0 Å². The van der Waals surface area contributed by atoms with Crippen LogP contribution in [-0.4, -0.2) is 30.0 Å². The minimum Gasteiger partial charge on any atom is -0.465 e. The molecule has 0 radical (unpaired) electrons. The highest BCUT2D eigenvalue weighted by atomic mass is 16.6. The summed E-state index contributed by atoms with van der Waals surface area (Å²) < 4.78 is 5.18. The quantitative estimate of drug-likeness (QED) is 0.597. The fourth-order valence-corrected chi connectivity index (χ4v) is 2.03. The third-order valence-electron chi connectivity index (χ3n) is 2.94. The molecule has 96 valence electrons. The third kappa shape index (κ3) is 3.60. The van der Waals surface area contributed by atoms with Crippen molar-refractivity contribution in [3.63, 3.8) is 0 Å². The number of carboxylic acid groups (broad SMARTS) is 1. The van der Waals surface area contributed by atoms with E-state index < -0.39 is 6.09 Å². The second-order valence-corrected chi connectivity index (χ2v) is 4.44. The Morgan fingerprint density at radius 1 is 1.61 bits per heavy atom. The number of carbonyl (C=O) groups is 1. The number of hydrogen-bond acceptors (Lipinski definition) is 2. The first-order valence-corrected chi connectivity index (χ1v) is 5.99. The summed E-state index contributed by atoms with van der Waals surface area (Å²) in [6.07, 6.45) is 2.35. The summed E-state index contributed by atoms with van der Waals surface area (Å²) in [6.45, 7) is 4.35. The number of allylic oxidation sites excluding steroid dienone is 1. The van der Waals surface area contributed by atoms with Gasteiger partial charge < -0.3 is 15.2 Å². The summed E-state index contributed by atoms with van der Waals surface area (Å²) in [5.74, 6) is 0. The summed E-state index contributed by atoms with van der Waals surface area (Å²) in [5, 5.41) is 11.3. The Bertz CT molecular complexity index is 440. The second-order valence-electron chi connectivity index (χ2n) is 4.44. The van der Waals surface area contributed by atoms with Crippen LogP contribution in [-0.2, 0) is 17.6 Å². The lowest BCUT2D eigenvalue weighted by Gasteiger charge is -2.14. The van der Waals surface area contributed by atoms with Gasteiger partial charge in [-0.3, -0.25) is 0 Å². The molecule has 0 saturated carbocycles. The first-order chi connectivity index (χ1) is 8.69. The van der Waals surface area contributed by atoms with Crippen molar-refractivity contribution in [2.24, 2.45) is 0 Å². The van der Waals surface area contributed by atoms with Gasteiger partial charge in [0.25, 0.3) is 0 Å². The van der Waals surface area contributed by atoms with Crippen LogP contribution in [0.3, 0.4) is 0 Å². The Hall–Kier alpha value is -1.81. The molecule has 2 N–H and O–H groups in total. The van der Waals surface area contributed by atoms with Crippen molar-refractivity contribution in [3.8, 4) is 0 Å². The molecule has 1 aromatic carbocycles. The molecule has 18 heavy (non-hydrogen) atoms. The average molecular weight is 247 g/mol. The molecule has 4 nitrogen and oxygen atoms in total. The van der Waals surface area contributed by atoms with Crippen LogP contribution in [0.1, 0.15) is 11.1 Å². The molecule has 0 aliphatic carbocycles. The van der Waals surface area contributed by atoms with Gasteiger partial charge >= 0.3 is 6.09 Å². The molecule has 1 amide bonds. The van der Waals surface area contributed by atoms with E-state index in [-0.39, 0.29) is 12.1 Å². The minimum atomic E-state index is -1.00. The molecule has 1 saturated heterocycles. The maximum atomic E-state index is 10.7. The zero-order chi connectivity index (χ0) is 13.0. The fourth-order valence-electron chi connectivity index (χ4n) is 2.03. The van der Waals surface area contributed by atoms with E-state index in [0.717, 1.165) is 12.0 Å². The van der Waals surface area contributed by atoms with Crippen LogP contribution < -0.4 is 5.32 Å². The van der Waals surface area contributed by atoms with Crippen LogP contribution in [0, 0.1) is 0 Å². The third-order valence-corrected chi connectivity index (χ3v) is 2.94. The van der Waals surface area contributed by atoms with Crippen LogP contribution in [0.4, 0.5) is 4.79 Å². The highest BCUT2D eigenvalue weighted by molar-refractivity contribution is 5.65. The molecule has 1 aliphatic rings. The zero-order valence-corrected chi connectivity index (χ0v) is 10.1. The smallest absolute Gasteiger partial charge is 0.404 e. The van der Waals surface area contributed by atoms with Crippen molar-refractivity contribution in [3.05, 3.63) is 48.0 Å². The van der Waals surface area contributed by atoms with Crippen molar-refractivity contribution in [1.29, 1.82) is 0 Å². The molecule has 2 rings (SSSR count). The van der Waals surface area contributed by atoms with Gasteiger partial charge in [0.15, 0.2) is 0 Å². The maximum Gasteiger partial charge on any atom is 0.404 e. The van der Waals surface area contributed by atoms with Gasteiger partial charge in [0.1, 0.15) is 6.10 Å². The predicted octanol–water partition coefficient (Wildman–Crippen LogP) is 1.99. The zero-order valence-electron chi connectivity index (χ0n) is 10.1. The average Bonchev–Trinajstić information content (AvgIpc) is 3.12. The number of hydrogen-bond donors (Lipinski definition) is 2. The summed E-state index contributed by atoms with van der Waals surface area (Å²) in [5.41, 5.74) is 2.30. The summed E-state index contributed by atoms with van der Waals surface area (Å²) in [7, 11) is 0. The monoisotopic (exact) mass is 247 g/mol. The molecular weight excluding hydrogens is 230 g/mol. The van der Waals surface area contributed by atoms with E-state index in [2.05, 4.69) is 18.0 Å². The van der Waals surface area contributed by atoms with E-state index in [4.69, 9.17) is 9.84 Å². The molecule has 1 aliphatic heterocycles. The molecule has 0 spiro atoms. The Labute approximate surface area is 106 Å². The van der Waals surface area contributed by atoms with Crippen molar-refractivity contribution in [2.45, 2.75) is 25.0 Å². The van der Waals surface area contributed by atoms with E-state index >= 15 is 0 Å². The molecule has 1 fully saturated rings. The molecule has 2 atom stereocenters. The Kier molecular flexibility index (Phi) is 3.99. The van der Waals surface area contributed by atoms with E-state index in [1.165, 1.54) is 5.56 Å². The number of epoxide rings is 1. The van der Waals surface area contributed by atoms with Crippen molar-refractivity contribution in [2.75, 3.05) is 6.61 Å². The lowest BCUT2D eigenvalue weighted by atomic mass is 10.0. The molecule has 0 bridgehead atoms. The second kappa shape index (κ2) is 5.69. The highest BCUT2D eigenvalue weighted by Crippen LogP contribution is 2.19. The minimum absolute atomic E-state index is 0.0177. The molecular formula is C14H17NO3. The van der Waals surface area contributed by atoms with Crippen LogP contribution in [0.25, 0.3) is 0 Å². The van der Waals surface area contributed by atoms with Crippen LogP contribution in [0.15, 0.2) is 36.9 Å². The van der Waals surface area contributed by atoms with Crippen molar-refractivity contribution in [1.82, 2.24) is 5.32 Å². The number of ether oxygens (including phenoxy) is 1. The van der Waals surface area contributed by atoms with E-state index in [1.54, 1.807) is 0 Å². The standard InChI is InChI=1S/C14H17NO3/c1-2-4-10-5-3-6-11(7-10)8-12(13-9-18-13)15-14(16)17/h2-3,5-7,12-13,15H,1,4,8-9H2,(H,16,17)/t12-,13+/m0/s1. The van der Waals surface area contributed by atoms with Gasteiger partial charge in [0.2, 0.25) is 0 Å². The van der Waals surface area contributed by atoms with Gasteiger partial charge in [-0.1, -0.05) is 30.3 Å². The normalized spacial score (nSPS) is 19.0. The number of amides is 1. The Morgan fingerprint density at radius 2 is 2.33 bits per heavy atom. The first kappa shape index (κ1) is 12.6. The van der Waals surface area contributed by atoms with Gasteiger partial charge in [-0.05, 0) is 24.0 Å². The number of benzene rings is 1. The summed E-state index contributed by atoms with van der Waals surface area (Å²) in [4.78, 5) is 10.7. The van der Waals surface area contributed by atoms with Gasteiger partial charge in [0.05, 0.1) is 12.6 Å². The molecule has 1 aromatic rings. The highest BCUT2D eigenvalue weighted by Gasteiger charge is 2.33. The first-order valence-electron chi connectivity index (χ1n) is 5.99. The molecule has 4 heteroatoms. The van der Waals surface area contributed by atoms with Gasteiger partial charge in [-0.15, -0.1) is 6.58 Å². The summed E-state index contributed by atoms with van der Waals surface area (Å²) >= 11 is 0. The van der Waals surface area contributed by atoms with Crippen molar-refractivity contribution >= 4 is 6.09 Å². The topological polar surface area (TPSA) is 61.9 Å². The lowest BCUT2D eigenvalue weighted by Crippen LogP contribution is -2.39. The predicted molar refractivity (Wildman–Crippen MR) is 68.7 cm³/mol. The van der Waals surface area contributed by atoms with Gasteiger partial charge in [-0.2, -0.15) is 0 Å². The Morgan fingerprint density at radius 3 is 2.94 bits per heavy atom. The Balaban J connectivity index is 2.03. The summed E-state index contributed by atoms with van der Waals surface area (Å²) in [6, 6.07) is 7.95. The van der Waals surface area contributed by atoms with Crippen molar-refractivity contribution < 1.29 is 14.6 Å². The SMILES string of the molecule is C=CCc1cccc(C[C@H](NC(=O)O)[C@H]2CO2)c1. The van der Waals surface area contributed by atoms with Crippen LogP contribution >= 0.6 is 0 Å². The maximum absolute atomic E-state index is 10.7. The van der Waals surface area contributed by atoms with E-state index in [1.807, 2.05) is 24.3 Å². The lowest BCUT2D eigenvalue weighted by molar-refractivity contribution is 0.186. The van der Waals surface area contributed by atoms with Gasteiger partial charge in [-0.25, -0.2) is 4.79 Å². The van der Waals surface area contributed by atoms with Gasteiger partial charge in [0, 0.05) is 0 Å². The number of rotatable bonds is 6. The molecule has 0 aromatic heterocycles. The molecule has 0 unspecified atom stereocenters.